The molecule has 1 aromatic carbocycles. The summed E-state index contributed by atoms with van der Waals surface area (Å²) < 4.78 is 27.3. The standard InChI is InChI=1S/C18H16BrFN2O3S/c1-24-18(23)15-8-14-17(26-15)21-16(22(14)9-12-4-5-25-12)6-10-2-3-11(19)7-13(10)20/h2-3,7-8,12H,4-6,9H2,1H3/t12-/m0/s1. The SMILES string of the molecule is COC(=O)c1cc2c(nc(Cc3ccc(Br)cc3F)n2C[C@@H]2CCO2)s1. The molecule has 1 fully saturated rings. The van der Waals surface area contributed by atoms with E-state index < -0.39 is 0 Å². The predicted molar refractivity (Wildman–Crippen MR) is 100 cm³/mol. The first-order valence-electron chi connectivity index (χ1n) is 8.18. The van der Waals surface area contributed by atoms with Crippen LogP contribution in [-0.2, 0) is 22.4 Å². The van der Waals surface area contributed by atoms with Crippen molar-refractivity contribution in [1.82, 2.24) is 9.55 Å². The number of hydrogen-bond acceptors (Lipinski definition) is 5. The second kappa shape index (κ2) is 7.09. The van der Waals surface area contributed by atoms with E-state index in [2.05, 4.69) is 20.9 Å². The number of rotatable bonds is 5. The molecule has 0 saturated carbocycles. The average Bonchev–Trinajstić information content (AvgIpc) is 3.11. The number of halogens is 2. The Labute approximate surface area is 161 Å². The summed E-state index contributed by atoms with van der Waals surface area (Å²) >= 11 is 4.56. The Hall–Kier alpha value is -1.77. The van der Waals surface area contributed by atoms with Gasteiger partial charge in [-0.05, 0) is 30.2 Å². The fourth-order valence-corrected chi connectivity index (χ4v) is 4.27. The number of fused-ring (bicyclic) bond motifs is 1. The molecule has 1 aliphatic heterocycles. The number of methoxy groups -OCH3 is 1. The summed E-state index contributed by atoms with van der Waals surface area (Å²) in [5.41, 5.74) is 1.44. The molecule has 136 valence electrons. The van der Waals surface area contributed by atoms with Crippen LogP contribution in [0.5, 0.6) is 0 Å². The minimum absolute atomic E-state index is 0.127. The van der Waals surface area contributed by atoms with Crippen molar-refractivity contribution in [3.8, 4) is 0 Å². The number of thiophene rings is 1. The van der Waals surface area contributed by atoms with Gasteiger partial charge in [-0.3, -0.25) is 0 Å². The number of carbonyl (C=O) groups excluding carboxylic acids is 1. The quantitative estimate of drug-likeness (QED) is 0.561. The zero-order valence-electron chi connectivity index (χ0n) is 14.0. The third-order valence-electron chi connectivity index (χ3n) is 4.46. The van der Waals surface area contributed by atoms with E-state index in [-0.39, 0.29) is 17.9 Å². The maximum absolute atomic E-state index is 14.3. The Morgan fingerprint density at radius 2 is 2.31 bits per heavy atom. The predicted octanol–water partition coefficient (Wildman–Crippen LogP) is 4.17. The Morgan fingerprint density at radius 3 is 2.96 bits per heavy atom. The highest BCUT2D eigenvalue weighted by Crippen LogP contribution is 2.30. The van der Waals surface area contributed by atoms with Gasteiger partial charge < -0.3 is 14.0 Å². The molecule has 0 bridgehead atoms. The van der Waals surface area contributed by atoms with Crippen molar-refractivity contribution in [3.63, 3.8) is 0 Å². The molecule has 0 amide bonds. The molecular formula is C18H16BrFN2O3S. The summed E-state index contributed by atoms with van der Waals surface area (Å²) in [5, 5.41) is 0. The first kappa shape index (κ1) is 17.6. The summed E-state index contributed by atoms with van der Waals surface area (Å²) in [6, 6.07) is 6.82. The third kappa shape index (κ3) is 3.28. The molecule has 8 heteroatoms. The van der Waals surface area contributed by atoms with Crippen LogP contribution in [0.15, 0.2) is 28.7 Å². The number of imidazole rings is 1. The zero-order chi connectivity index (χ0) is 18.3. The van der Waals surface area contributed by atoms with Crippen molar-refractivity contribution in [2.24, 2.45) is 0 Å². The van der Waals surface area contributed by atoms with Crippen LogP contribution in [0.4, 0.5) is 4.39 Å². The second-order valence-corrected chi connectivity index (χ2v) is 8.07. The van der Waals surface area contributed by atoms with Gasteiger partial charge in [0, 0.05) is 17.5 Å². The molecule has 26 heavy (non-hydrogen) atoms. The van der Waals surface area contributed by atoms with Crippen molar-refractivity contribution in [2.75, 3.05) is 13.7 Å². The summed E-state index contributed by atoms with van der Waals surface area (Å²) in [4.78, 5) is 17.7. The van der Waals surface area contributed by atoms with Gasteiger partial charge in [-0.1, -0.05) is 22.0 Å². The monoisotopic (exact) mass is 438 g/mol. The fourth-order valence-electron chi connectivity index (χ4n) is 2.97. The highest BCUT2D eigenvalue weighted by molar-refractivity contribution is 9.10. The summed E-state index contributed by atoms with van der Waals surface area (Å²) in [6.07, 6.45) is 1.49. The van der Waals surface area contributed by atoms with Gasteiger partial charge in [0.2, 0.25) is 0 Å². The maximum atomic E-state index is 14.3. The van der Waals surface area contributed by atoms with Gasteiger partial charge in [0.05, 0.1) is 25.3 Å². The van der Waals surface area contributed by atoms with Crippen molar-refractivity contribution in [1.29, 1.82) is 0 Å². The largest absolute Gasteiger partial charge is 0.465 e. The minimum atomic E-state index is -0.375. The third-order valence-corrected chi connectivity index (χ3v) is 5.95. The van der Waals surface area contributed by atoms with E-state index in [9.17, 15) is 9.18 Å². The van der Waals surface area contributed by atoms with E-state index in [1.54, 1.807) is 12.1 Å². The number of esters is 1. The van der Waals surface area contributed by atoms with Crippen molar-refractivity contribution < 1.29 is 18.7 Å². The van der Waals surface area contributed by atoms with Gasteiger partial charge in [0.15, 0.2) is 0 Å². The molecule has 5 nitrogen and oxygen atoms in total. The van der Waals surface area contributed by atoms with E-state index >= 15 is 0 Å². The van der Waals surface area contributed by atoms with E-state index in [1.807, 2.05) is 10.6 Å². The smallest absolute Gasteiger partial charge is 0.348 e. The lowest BCUT2D eigenvalue weighted by atomic mass is 10.1. The number of aromatic nitrogens is 2. The van der Waals surface area contributed by atoms with Crippen molar-refractivity contribution in [2.45, 2.75) is 25.5 Å². The lowest BCUT2D eigenvalue weighted by molar-refractivity contribution is -0.0589. The molecule has 1 aliphatic rings. The highest BCUT2D eigenvalue weighted by Gasteiger charge is 2.24. The lowest BCUT2D eigenvalue weighted by Crippen LogP contribution is -2.31. The molecule has 0 N–H and O–H groups in total. The highest BCUT2D eigenvalue weighted by atomic mass is 79.9. The molecule has 4 rings (SSSR count). The van der Waals surface area contributed by atoms with Crippen LogP contribution in [0.3, 0.4) is 0 Å². The lowest BCUT2D eigenvalue weighted by Gasteiger charge is -2.27. The number of ether oxygens (including phenoxy) is 2. The fraction of sp³-hybridized carbons (Fsp3) is 0.333. The molecule has 0 radical (unpaired) electrons. The van der Waals surface area contributed by atoms with Crippen LogP contribution >= 0.6 is 27.3 Å². The normalized spacial score (nSPS) is 16.7. The van der Waals surface area contributed by atoms with E-state index in [1.165, 1.54) is 24.5 Å². The van der Waals surface area contributed by atoms with Gasteiger partial charge in [-0.2, -0.15) is 0 Å². The van der Waals surface area contributed by atoms with Crippen LogP contribution in [-0.4, -0.2) is 35.3 Å². The Kier molecular flexibility index (Phi) is 4.81. The number of benzene rings is 1. The van der Waals surface area contributed by atoms with Crippen molar-refractivity contribution >= 4 is 43.6 Å². The van der Waals surface area contributed by atoms with Crippen LogP contribution < -0.4 is 0 Å². The Bertz CT molecular complexity index is 980. The van der Waals surface area contributed by atoms with E-state index in [4.69, 9.17) is 9.47 Å². The minimum Gasteiger partial charge on any atom is -0.465 e. The van der Waals surface area contributed by atoms with Crippen molar-refractivity contribution in [3.05, 3.63) is 50.8 Å². The van der Waals surface area contributed by atoms with Crippen LogP contribution in [0.1, 0.15) is 27.5 Å². The van der Waals surface area contributed by atoms with Gasteiger partial charge in [-0.25, -0.2) is 14.2 Å². The molecule has 2 aromatic heterocycles. The molecule has 1 atom stereocenters. The van der Waals surface area contributed by atoms with Crippen LogP contribution in [0, 0.1) is 5.82 Å². The van der Waals surface area contributed by atoms with Crippen LogP contribution in [0.2, 0.25) is 0 Å². The maximum Gasteiger partial charge on any atom is 0.348 e. The summed E-state index contributed by atoms with van der Waals surface area (Å²) in [5.74, 6) is 0.117. The topological polar surface area (TPSA) is 53.3 Å². The zero-order valence-corrected chi connectivity index (χ0v) is 16.4. The first-order chi connectivity index (χ1) is 12.5. The average molecular weight is 439 g/mol. The number of carbonyl (C=O) groups is 1. The Morgan fingerprint density at radius 1 is 1.50 bits per heavy atom. The number of hydrogen-bond donors (Lipinski definition) is 0. The molecule has 3 aromatic rings. The summed E-state index contributed by atoms with van der Waals surface area (Å²) in [7, 11) is 1.36. The molecule has 0 spiro atoms. The molecular weight excluding hydrogens is 423 g/mol. The molecule has 1 saturated heterocycles. The van der Waals surface area contributed by atoms with E-state index in [0.717, 1.165) is 29.2 Å². The van der Waals surface area contributed by atoms with Gasteiger partial charge in [-0.15, -0.1) is 11.3 Å². The first-order valence-corrected chi connectivity index (χ1v) is 9.79. The summed E-state index contributed by atoms with van der Waals surface area (Å²) in [6.45, 7) is 1.40. The van der Waals surface area contributed by atoms with Gasteiger partial charge in [0.1, 0.15) is 21.3 Å². The van der Waals surface area contributed by atoms with Crippen LogP contribution in [0.25, 0.3) is 10.3 Å². The van der Waals surface area contributed by atoms with Gasteiger partial charge in [0.25, 0.3) is 0 Å². The number of nitrogens with zero attached hydrogens (tertiary/aromatic N) is 2. The second-order valence-electron chi connectivity index (χ2n) is 6.13. The van der Waals surface area contributed by atoms with Gasteiger partial charge >= 0.3 is 5.97 Å². The molecule has 0 aliphatic carbocycles. The molecule has 0 unspecified atom stereocenters. The van der Waals surface area contributed by atoms with E-state index in [0.29, 0.717) is 27.9 Å². The Balaban J connectivity index is 1.73. The molecule has 3 heterocycles.